The number of ether oxygens (including phenoxy) is 3. The van der Waals surface area contributed by atoms with Crippen molar-refractivity contribution in [2.75, 3.05) is 19.8 Å². The van der Waals surface area contributed by atoms with Gasteiger partial charge in [-0.2, -0.15) is 0 Å². The molecule has 7 atom stereocenters. The number of aliphatic hydroxyl groups excluding tert-OH is 5. The first-order valence-corrected chi connectivity index (χ1v) is 31.3. The largest absolute Gasteiger partial charge is 0.466 e. The van der Waals surface area contributed by atoms with Gasteiger partial charge in [-0.05, 0) is 51.4 Å². The zero-order valence-corrected chi connectivity index (χ0v) is 47.8. The normalized spacial score (nSPS) is 19.0. The summed E-state index contributed by atoms with van der Waals surface area (Å²) in [7, 11) is 0. The predicted molar refractivity (Wildman–Crippen MR) is 306 cm³/mol. The third-order valence-corrected chi connectivity index (χ3v) is 14.7. The highest BCUT2D eigenvalue weighted by Gasteiger charge is 2.44. The van der Waals surface area contributed by atoms with Crippen molar-refractivity contribution >= 4 is 11.9 Å². The number of esters is 1. The zero-order valence-electron chi connectivity index (χ0n) is 47.8. The van der Waals surface area contributed by atoms with Crippen molar-refractivity contribution in [3.05, 3.63) is 36.5 Å². The summed E-state index contributed by atoms with van der Waals surface area (Å²) in [5.74, 6) is -0.192. The number of carbonyl (C=O) groups is 2. The number of unbranched alkanes of at least 4 members (excludes halogenated alkanes) is 36. The molecule has 0 bridgehead atoms. The summed E-state index contributed by atoms with van der Waals surface area (Å²) in [6, 6.07) is -0.832. The van der Waals surface area contributed by atoms with Gasteiger partial charge in [0.15, 0.2) is 6.29 Å². The van der Waals surface area contributed by atoms with Gasteiger partial charge in [0.05, 0.1) is 32.0 Å². The van der Waals surface area contributed by atoms with Crippen LogP contribution in [0.25, 0.3) is 0 Å². The Hall–Kier alpha value is -2.12. The Kier molecular flexibility index (Phi) is 50.0. The molecule has 1 fully saturated rings. The first-order valence-electron chi connectivity index (χ1n) is 31.3. The Bertz CT molecular complexity index is 1320. The molecular formula is C63H117NO10. The van der Waals surface area contributed by atoms with E-state index in [1.54, 1.807) is 6.08 Å². The van der Waals surface area contributed by atoms with Gasteiger partial charge in [0.25, 0.3) is 0 Å². The maximum absolute atomic E-state index is 13.0. The molecule has 74 heavy (non-hydrogen) atoms. The molecule has 0 radical (unpaired) electrons. The molecule has 0 spiro atoms. The molecule has 0 aromatic rings. The summed E-state index contributed by atoms with van der Waals surface area (Å²) in [5, 5.41) is 54.2. The minimum atomic E-state index is -1.58. The van der Waals surface area contributed by atoms with Crippen molar-refractivity contribution in [3.8, 4) is 0 Å². The van der Waals surface area contributed by atoms with Crippen LogP contribution in [0.3, 0.4) is 0 Å². The summed E-state index contributed by atoms with van der Waals surface area (Å²) in [6.07, 6.45) is 55.6. The second kappa shape index (κ2) is 52.9. The lowest BCUT2D eigenvalue weighted by Crippen LogP contribution is -2.60. The van der Waals surface area contributed by atoms with Gasteiger partial charge in [0.1, 0.15) is 24.4 Å². The van der Waals surface area contributed by atoms with Crippen molar-refractivity contribution in [2.24, 2.45) is 0 Å². The Balaban J connectivity index is 1.99. The highest BCUT2D eigenvalue weighted by molar-refractivity contribution is 5.76. The molecule has 7 unspecified atom stereocenters. The predicted octanol–water partition coefficient (Wildman–Crippen LogP) is 14.7. The van der Waals surface area contributed by atoms with Crippen LogP contribution in [0, 0.1) is 0 Å². The van der Waals surface area contributed by atoms with Gasteiger partial charge in [0, 0.05) is 12.8 Å². The molecule has 1 aliphatic rings. The molecule has 0 aromatic heterocycles. The van der Waals surface area contributed by atoms with Crippen molar-refractivity contribution in [3.63, 3.8) is 0 Å². The van der Waals surface area contributed by atoms with Crippen LogP contribution >= 0.6 is 0 Å². The molecule has 1 amide bonds. The van der Waals surface area contributed by atoms with E-state index in [4.69, 9.17) is 14.2 Å². The lowest BCUT2D eigenvalue weighted by Gasteiger charge is -2.40. The van der Waals surface area contributed by atoms with Gasteiger partial charge in [-0.3, -0.25) is 9.59 Å². The summed E-state index contributed by atoms with van der Waals surface area (Å²) < 4.78 is 16.7. The lowest BCUT2D eigenvalue weighted by atomic mass is 9.99. The van der Waals surface area contributed by atoms with Gasteiger partial charge < -0.3 is 45.1 Å². The van der Waals surface area contributed by atoms with Crippen molar-refractivity contribution in [1.29, 1.82) is 0 Å². The number of amides is 1. The van der Waals surface area contributed by atoms with E-state index < -0.39 is 49.5 Å². The van der Waals surface area contributed by atoms with E-state index in [1.807, 2.05) is 6.08 Å². The number of hydrogen-bond donors (Lipinski definition) is 6. The standard InChI is InChI=1S/C63H117NO10/c1-3-5-7-9-11-13-30-35-39-43-47-51-59(68)72-52-48-44-40-36-32-29-27-25-23-21-19-17-15-16-18-20-22-24-26-28-31-34-38-42-46-50-58(67)64-55(54-73-63-62(71)61(70)60(69)57(53-65)74-63)56(66)49-45-41-37-33-14-12-10-8-6-4-2/h6,8,14,33,45,49,55-57,60-63,65-66,69-71H,3-5,7,9-13,15-32,34-44,46-48,50-54H2,1-2H3,(H,64,67)/b8-6+,33-14+,49-45+. The lowest BCUT2D eigenvalue weighted by molar-refractivity contribution is -0.302. The van der Waals surface area contributed by atoms with Crippen LogP contribution in [-0.4, -0.2) is 100 Å². The summed E-state index contributed by atoms with van der Waals surface area (Å²) in [6.45, 7) is 4.21. The van der Waals surface area contributed by atoms with Crippen LogP contribution < -0.4 is 5.32 Å². The van der Waals surface area contributed by atoms with Gasteiger partial charge in [-0.15, -0.1) is 0 Å². The Morgan fingerprint density at radius 2 is 0.892 bits per heavy atom. The van der Waals surface area contributed by atoms with Gasteiger partial charge in [-0.1, -0.05) is 262 Å². The maximum atomic E-state index is 13.0. The first kappa shape index (κ1) is 69.9. The second-order valence-corrected chi connectivity index (χ2v) is 21.7. The molecule has 1 heterocycles. The van der Waals surface area contributed by atoms with E-state index in [0.29, 0.717) is 19.4 Å². The van der Waals surface area contributed by atoms with E-state index in [9.17, 15) is 35.1 Å². The fraction of sp³-hybridized carbons (Fsp3) is 0.873. The number of nitrogens with one attached hydrogen (secondary N) is 1. The molecule has 0 saturated carbocycles. The van der Waals surface area contributed by atoms with E-state index in [2.05, 4.69) is 43.5 Å². The SMILES string of the molecule is CC/C=C/CC/C=C/CC/C=C/C(O)C(COC1OC(CO)C(O)C(O)C1O)NC(=O)CCCCCCCCCCCCCCCCCCCCCCCCCCCOC(=O)CCCCCCCCCCCCC. The number of hydrogen-bond acceptors (Lipinski definition) is 10. The highest BCUT2D eigenvalue weighted by atomic mass is 16.7. The van der Waals surface area contributed by atoms with Crippen molar-refractivity contribution in [2.45, 2.75) is 333 Å². The molecule has 6 N–H and O–H groups in total. The molecule has 11 heteroatoms. The molecule has 1 saturated heterocycles. The van der Waals surface area contributed by atoms with Crippen LogP contribution in [0.2, 0.25) is 0 Å². The van der Waals surface area contributed by atoms with Crippen molar-refractivity contribution in [1.82, 2.24) is 5.32 Å². The average Bonchev–Trinajstić information content (AvgIpc) is 3.40. The minimum absolute atomic E-state index is 0.00473. The smallest absolute Gasteiger partial charge is 0.305 e. The quantitative estimate of drug-likeness (QED) is 0.0195. The number of allylic oxidation sites excluding steroid dienone is 5. The topological polar surface area (TPSA) is 175 Å². The number of carbonyl (C=O) groups excluding carboxylic acids is 2. The monoisotopic (exact) mass is 1050 g/mol. The maximum Gasteiger partial charge on any atom is 0.305 e. The van der Waals surface area contributed by atoms with E-state index in [1.165, 1.54) is 193 Å². The fourth-order valence-electron chi connectivity index (χ4n) is 9.83. The van der Waals surface area contributed by atoms with Crippen molar-refractivity contribution < 1.29 is 49.3 Å². The summed E-state index contributed by atoms with van der Waals surface area (Å²) >= 11 is 0. The molecule has 0 aromatic carbocycles. The number of aliphatic hydroxyl groups is 5. The van der Waals surface area contributed by atoms with Crippen LogP contribution in [-0.2, 0) is 23.8 Å². The molecule has 1 aliphatic heterocycles. The molecule has 11 nitrogen and oxygen atoms in total. The third kappa shape index (κ3) is 42.0. The van der Waals surface area contributed by atoms with Crippen LogP contribution in [0.4, 0.5) is 0 Å². The van der Waals surface area contributed by atoms with E-state index in [-0.39, 0.29) is 18.5 Å². The first-order chi connectivity index (χ1) is 36.2. The van der Waals surface area contributed by atoms with Gasteiger partial charge in [0.2, 0.25) is 5.91 Å². The second-order valence-electron chi connectivity index (χ2n) is 21.7. The van der Waals surface area contributed by atoms with E-state index >= 15 is 0 Å². The van der Waals surface area contributed by atoms with Gasteiger partial charge in [-0.25, -0.2) is 0 Å². The molecule has 434 valence electrons. The average molecular weight is 1050 g/mol. The Labute approximate surface area is 453 Å². The number of rotatable bonds is 54. The van der Waals surface area contributed by atoms with Gasteiger partial charge >= 0.3 is 5.97 Å². The Morgan fingerprint density at radius 1 is 0.500 bits per heavy atom. The Morgan fingerprint density at radius 3 is 1.32 bits per heavy atom. The third-order valence-electron chi connectivity index (χ3n) is 14.7. The summed E-state index contributed by atoms with van der Waals surface area (Å²) in [5.41, 5.74) is 0. The molecule has 0 aliphatic carbocycles. The minimum Gasteiger partial charge on any atom is -0.466 e. The molecule has 1 rings (SSSR count). The zero-order chi connectivity index (χ0) is 53.8. The van der Waals surface area contributed by atoms with Crippen LogP contribution in [0.1, 0.15) is 290 Å². The fourth-order valence-corrected chi connectivity index (χ4v) is 9.83. The van der Waals surface area contributed by atoms with E-state index in [0.717, 1.165) is 70.6 Å². The highest BCUT2D eigenvalue weighted by Crippen LogP contribution is 2.23. The summed E-state index contributed by atoms with van der Waals surface area (Å²) in [4.78, 5) is 25.0. The molecular weight excluding hydrogens is 931 g/mol. The van der Waals surface area contributed by atoms with Crippen LogP contribution in [0.15, 0.2) is 36.5 Å². The van der Waals surface area contributed by atoms with Crippen LogP contribution in [0.5, 0.6) is 0 Å².